The van der Waals surface area contributed by atoms with Crippen LogP contribution in [0.1, 0.15) is 22.4 Å². The van der Waals surface area contributed by atoms with E-state index in [2.05, 4.69) is 11.1 Å². The molecule has 9 nitrogen and oxygen atoms in total. The third-order valence-corrected chi connectivity index (χ3v) is 6.28. The van der Waals surface area contributed by atoms with Gasteiger partial charge < -0.3 is 4.98 Å². The lowest BCUT2D eigenvalue weighted by atomic mass is 10.00. The van der Waals surface area contributed by atoms with E-state index in [9.17, 15) is 28.6 Å². The molecule has 0 spiro atoms. The third kappa shape index (κ3) is 3.55. The molecule has 2 heterocycles. The molecule has 1 aromatic heterocycles. The number of aromatic nitrogens is 1. The molecule has 1 amide bonds. The molecule has 160 valence electrons. The maximum atomic E-state index is 13.4. The first-order valence-electron chi connectivity index (χ1n) is 9.34. The lowest BCUT2D eigenvalue weighted by Gasteiger charge is -2.18. The van der Waals surface area contributed by atoms with Crippen LogP contribution >= 0.6 is 0 Å². The van der Waals surface area contributed by atoms with Gasteiger partial charge in [-0.25, -0.2) is 8.42 Å². The Morgan fingerprint density at radius 2 is 1.88 bits per heavy atom. The third-order valence-electron chi connectivity index (χ3n) is 5.15. The molecule has 0 fully saturated rings. The molecule has 1 aliphatic heterocycles. The summed E-state index contributed by atoms with van der Waals surface area (Å²) < 4.78 is 23.6. The van der Waals surface area contributed by atoms with Crippen LogP contribution < -0.4 is 4.90 Å². The highest BCUT2D eigenvalue weighted by molar-refractivity contribution is 7.90. The van der Waals surface area contributed by atoms with Gasteiger partial charge in [0.05, 0.1) is 38.9 Å². The number of nitrogens with one attached hydrogen (secondary N) is 1. The maximum absolute atomic E-state index is 13.4. The van der Waals surface area contributed by atoms with Crippen molar-refractivity contribution in [2.45, 2.75) is 11.8 Å². The number of carbonyl (C=O) groups excluding carboxylic acids is 1. The highest BCUT2D eigenvalue weighted by Crippen LogP contribution is 2.43. The van der Waals surface area contributed by atoms with Gasteiger partial charge in [-0.05, 0) is 55.0 Å². The first-order chi connectivity index (χ1) is 15.1. The molecule has 0 radical (unpaired) electrons. The Morgan fingerprint density at radius 3 is 2.44 bits per heavy atom. The van der Waals surface area contributed by atoms with Crippen molar-refractivity contribution in [2.75, 3.05) is 11.2 Å². The zero-order chi connectivity index (χ0) is 23.2. The van der Waals surface area contributed by atoms with Crippen molar-refractivity contribution < 1.29 is 18.1 Å². The number of nitrogens with zero attached hydrogens (tertiary/aromatic N) is 3. The first kappa shape index (κ1) is 21.0. The van der Waals surface area contributed by atoms with Crippen LogP contribution in [0.15, 0.2) is 53.6 Å². The number of amides is 1. The van der Waals surface area contributed by atoms with Crippen molar-refractivity contribution in [3.63, 3.8) is 0 Å². The van der Waals surface area contributed by atoms with Gasteiger partial charge in [-0.2, -0.15) is 5.26 Å². The van der Waals surface area contributed by atoms with Crippen LogP contribution in [0.4, 0.5) is 17.1 Å². The highest BCUT2D eigenvalue weighted by Gasteiger charge is 2.34. The first-order valence-corrected chi connectivity index (χ1v) is 11.2. The number of nitriles is 1. The van der Waals surface area contributed by atoms with E-state index in [0.29, 0.717) is 33.8 Å². The van der Waals surface area contributed by atoms with Crippen LogP contribution in [0.5, 0.6) is 0 Å². The number of nitro groups is 1. The summed E-state index contributed by atoms with van der Waals surface area (Å²) >= 11 is 0. The molecule has 0 aliphatic carbocycles. The van der Waals surface area contributed by atoms with Gasteiger partial charge in [-0.3, -0.25) is 19.8 Å². The fourth-order valence-electron chi connectivity index (χ4n) is 3.54. The van der Waals surface area contributed by atoms with Crippen molar-refractivity contribution in [2.24, 2.45) is 0 Å². The van der Waals surface area contributed by atoms with E-state index in [4.69, 9.17) is 0 Å². The molecule has 32 heavy (non-hydrogen) atoms. The van der Waals surface area contributed by atoms with Gasteiger partial charge in [-0.1, -0.05) is 0 Å². The predicted molar refractivity (Wildman–Crippen MR) is 118 cm³/mol. The summed E-state index contributed by atoms with van der Waals surface area (Å²) in [6.45, 7) is 1.75. The molecule has 2 aromatic carbocycles. The number of anilines is 2. The minimum atomic E-state index is -3.40. The zero-order valence-corrected chi connectivity index (χ0v) is 17.8. The number of benzene rings is 2. The molecule has 1 aliphatic rings. The minimum absolute atomic E-state index is 0.124. The van der Waals surface area contributed by atoms with Gasteiger partial charge in [0, 0.05) is 29.3 Å². The van der Waals surface area contributed by atoms with E-state index in [1.54, 1.807) is 19.1 Å². The number of sulfone groups is 1. The van der Waals surface area contributed by atoms with Gasteiger partial charge in [-0.15, -0.1) is 0 Å². The highest BCUT2D eigenvalue weighted by atomic mass is 32.2. The molecular formula is C22H16N4O5S. The van der Waals surface area contributed by atoms with E-state index < -0.39 is 20.7 Å². The van der Waals surface area contributed by atoms with Crippen LogP contribution in [0.2, 0.25) is 0 Å². The fraction of sp³-hybridized carbons (Fsp3) is 0.0909. The summed E-state index contributed by atoms with van der Waals surface area (Å²) in [4.78, 5) is 28.2. The molecule has 10 heteroatoms. The number of H-pyrrole nitrogens is 1. The lowest BCUT2D eigenvalue weighted by Crippen LogP contribution is -2.20. The largest absolute Gasteiger partial charge is 0.356 e. The summed E-state index contributed by atoms with van der Waals surface area (Å²) in [7, 11) is -3.40. The standard InChI is InChI=1S/C22H16N4O5S/c1-13-7-21-19(8-14(13)11-23)20(10-15-9-17(12-24-15)26(28)29)22(27)25(21)16-3-5-18(6-4-16)32(2,30)31/h3-10,12,24H,1-2H3. The summed E-state index contributed by atoms with van der Waals surface area (Å²) in [5.74, 6) is -0.404. The number of aromatic amines is 1. The monoisotopic (exact) mass is 448 g/mol. The SMILES string of the molecule is Cc1cc2c(cc1C#N)C(=Cc1cc([N+](=O)[O-])c[nH]1)C(=O)N2c1ccc(S(C)(=O)=O)cc1. The Kier molecular flexibility index (Phi) is 4.91. The molecule has 0 bridgehead atoms. The molecule has 0 saturated carbocycles. The van der Waals surface area contributed by atoms with Gasteiger partial charge in [0.25, 0.3) is 11.6 Å². The van der Waals surface area contributed by atoms with Crippen LogP contribution in [-0.4, -0.2) is 30.5 Å². The normalized spacial score (nSPS) is 14.5. The topological polar surface area (TPSA) is 137 Å². The molecule has 3 aromatic rings. The van der Waals surface area contributed by atoms with Crippen LogP contribution in [0.3, 0.4) is 0 Å². The van der Waals surface area contributed by atoms with E-state index in [-0.39, 0.29) is 16.2 Å². The number of hydrogen-bond acceptors (Lipinski definition) is 6. The van der Waals surface area contributed by atoms with Crippen molar-refractivity contribution in [1.29, 1.82) is 5.26 Å². The number of hydrogen-bond donors (Lipinski definition) is 1. The minimum Gasteiger partial charge on any atom is -0.356 e. The van der Waals surface area contributed by atoms with Crippen molar-refractivity contribution >= 4 is 44.5 Å². The smallest absolute Gasteiger partial charge is 0.287 e. The van der Waals surface area contributed by atoms with Gasteiger partial charge >= 0.3 is 0 Å². The van der Waals surface area contributed by atoms with E-state index >= 15 is 0 Å². The Bertz CT molecular complexity index is 1460. The Balaban J connectivity index is 1.88. The predicted octanol–water partition coefficient (Wildman–Crippen LogP) is 3.73. The molecule has 0 atom stereocenters. The average Bonchev–Trinajstić information content (AvgIpc) is 3.30. The van der Waals surface area contributed by atoms with Crippen molar-refractivity contribution in [3.05, 3.63) is 81.2 Å². The quantitative estimate of drug-likeness (QED) is 0.367. The average molecular weight is 448 g/mol. The molecule has 4 rings (SSSR count). The van der Waals surface area contributed by atoms with Gasteiger partial charge in [0.15, 0.2) is 9.84 Å². The Labute approximate surface area is 183 Å². The Morgan fingerprint density at radius 1 is 1.19 bits per heavy atom. The van der Waals surface area contributed by atoms with E-state index in [1.807, 2.05) is 0 Å². The molecule has 1 N–H and O–H groups in total. The van der Waals surface area contributed by atoms with E-state index in [0.717, 1.165) is 6.26 Å². The van der Waals surface area contributed by atoms with Gasteiger partial charge in [0.2, 0.25) is 0 Å². The van der Waals surface area contributed by atoms with Crippen LogP contribution in [0.25, 0.3) is 11.6 Å². The maximum Gasteiger partial charge on any atom is 0.287 e. The molecule has 0 unspecified atom stereocenters. The van der Waals surface area contributed by atoms with Crippen LogP contribution in [0, 0.1) is 28.4 Å². The number of aryl methyl sites for hydroxylation is 1. The van der Waals surface area contributed by atoms with Crippen LogP contribution in [-0.2, 0) is 14.6 Å². The van der Waals surface area contributed by atoms with E-state index in [1.165, 1.54) is 47.5 Å². The summed E-state index contributed by atoms with van der Waals surface area (Å²) in [6.07, 6.45) is 3.82. The second-order valence-electron chi connectivity index (χ2n) is 7.33. The molecule has 0 saturated heterocycles. The second-order valence-corrected chi connectivity index (χ2v) is 9.35. The second kappa shape index (κ2) is 7.47. The number of rotatable bonds is 4. The van der Waals surface area contributed by atoms with Gasteiger partial charge in [0.1, 0.15) is 0 Å². The van der Waals surface area contributed by atoms with Crippen molar-refractivity contribution in [3.8, 4) is 6.07 Å². The summed E-state index contributed by atoms with van der Waals surface area (Å²) in [5, 5.41) is 20.4. The fourth-order valence-corrected chi connectivity index (χ4v) is 4.17. The van der Waals surface area contributed by atoms with Crippen molar-refractivity contribution in [1.82, 2.24) is 4.98 Å². The summed E-state index contributed by atoms with van der Waals surface area (Å²) in [5.41, 5.74) is 3.03. The Hall–Kier alpha value is -4.23. The lowest BCUT2D eigenvalue weighted by molar-refractivity contribution is -0.384. The molecular weight excluding hydrogens is 432 g/mol. The number of fused-ring (bicyclic) bond motifs is 1. The number of carbonyl (C=O) groups is 1. The zero-order valence-electron chi connectivity index (χ0n) is 17.0. The summed E-state index contributed by atoms with van der Waals surface area (Å²) in [6, 6.07) is 12.6.